The minimum atomic E-state index is -0.205. The number of hydrogen-bond donors (Lipinski definition) is 2. The fraction of sp³-hybridized carbons (Fsp3) is 0.526. The summed E-state index contributed by atoms with van der Waals surface area (Å²) in [7, 11) is 0. The van der Waals surface area contributed by atoms with Gasteiger partial charge in [0.1, 0.15) is 0 Å². The van der Waals surface area contributed by atoms with Crippen molar-refractivity contribution in [2.75, 3.05) is 13.1 Å². The molecule has 0 aliphatic carbocycles. The smallest absolute Gasteiger partial charge is 0.272 e. The van der Waals surface area contributed by atoms with E-state index in [9.17, 15) is 9.59 Å². The van der Waals surface area contributed by atoms with E-state index in [0.29, 0.717) is 23.8 Å². The first kappa shape index (κ1) is 18.7. The van der Waals surface area contributed by atoms with E-state index in [-0.39, 0.29) is 23.8 Å². The van der Waals surface area contributed by atoms with Gasteiger partial charge < -0.3 is 10.2 Å². The van der Waals surface area contributed by atoms with Crippen LogP contribution >= 0.6 is 11.6 Å². The number of piperidine rings is 1. The van der Waals surface area contributed by atoms with Crippen LogP contribution in [0.3, 0.4) is 0 Å². The Morgan fingerprint density at radius 3 is 2.65 bits per heavy atom. The second-order valence-electron chi connectivity index (χ2n) is 6.85. The quantitative estimate of drug-likeness (QED) is 0.839. The van der Waals surface area contributed by atoms with E-state index in [1.54, 1.807) is 12.1 Å². The maximum absolute atomic E-state index is 12.6. The van der Waals surface area contributed by atoms with Crippen molar-refractivity contribution < 1.29 is 9.59 Å². The first-order valence-corrected chi connectivity index (χ1v) is 9.64. The van der Waals surface area contributed by atoms with Crippen LogP contribution in [0.4, 0.5) is 0 Å². The van der Waals surface area contributed by atoms with Crippen LogP contribution in [0.5, 0.6) is 0 Å². The van der Waals surface area contributed by atoms with Gasteiger partial charge in [-0.15, -0.1) is 0 Å². The van der Waals surface area contributed by atoms with Gasteiger partial charge in [-0.25, -0.2) is 0 Å². The molecule has 0 spiro atoms. The number of benzene rings is 1. The Kier molecular flexibility index (Phi) is 5.81. The van der Waals surface area contributed by atoms with Crippen molar-refractivity contribution in [1.29, 1.82) is 0 Å². The molecule has 2 N–H and O–H groups in total. The summed E-state index contributed by atoms with van der Waals surface area (Å²) in [6, 6.07) is 5.37. The van der Waals surface area contributed by atoms with E-state index in [2.05, 4.69) is 29.4 Å². The van der Waals surface area contributed by atoms with Crippen molar-refractivity contribution in [3.8, 4) is 0 Å². The van der Waals surface area contributed by atoms with Gasteiger partial charge in [0.15, 0.2) is 5.69 Å². The number of halogens is 1. The Labute approximate surface area is 158 Å². The number of fused-ring (bicyclic) bond motifs is 1. The molecule has 1 aromatic carbocycles. The summed E-state index contributed by atoms with van der Waals surface area (Å²) in [5, 5.41) is 11.3. The highest BCUT2D eigenvalue weighted by molar-refractivity contribution is 6.31. The molecule has 1 aliphatic rings. The van der Waals surface area contributed by atoms with Gasteiger partial charge in [0.05, 0.1) is 5.52 Å². The van der Waals surface area contributed by atoms with Gasteiger partial charge in [0, 0.05) is 35.5 Å². The number of carbonyl (C=O) groups excluding carboxylic acids is 2. The highest BCUT2D eigenvalue weighted by atomic mass is 35.5. The van der Waals surface area contributed by atoms with E-state index in [4.69, 9.17) is 11.6 Å². The number of nitrogens with one attached hydrogen (secondary N) is 2. The van der Waals surface area contributed by atoms with Gasteiger partial charge in [0.2, 0.25) is 5.91 Å². The Morgan fingerprint density at radius 1 is 1.31 bits per heavy atom. The normalized spacial score (nSPS) is 15.6. The van der Waals surface area contributed by atoms with Crippen molar-refractivity contribution in [2.45, 2.75) is 45.6 Å². The van der Waals surface area contributed by atoms with Crippen LogP contribution < -0.4 is 5.32 Å². The third kappa shape index (κ3) is 3.85. The van der Waals surface area contributed by atoms with E-state index < -0.39 is 0 Å². The zero-order chi connectivity index (χ0) is 18.7. The third-order valence-corrected chi connectivity index (χ3v) is 5.45. The van der Waals surface area contributed by atoms with Gasteiger partial charge in [0.25, 0.3) is 5.91 Å². The Morgan fingerprint density at radius 2 is 2.00 bits per heavy atom. The molecule has 2 heterocycles. The molecule has 140 valence electrons. The minimum absolute atomic E-state index is 0.0548. The third-order valence-electron chi connectivity index (χ3n) is 5.22. The zero-order valence-corrected chi connectivity index (χ0v) is 16.0. The summed E-state index contributed by atoms with van der Waals surface area (Å²) in [4.78, 5) is 27.0. The van der Waals surface area contributed by atoms with Crippen LogP contribution in [0.1, 0.15) is 50.0 Å². The van der Waals surface area contributed by atoms with Crippen LogP contribution in [-0.2, 0) is 4.79 Å². The Hall–Kier alpha value is -2.08. The van der Waals surface area contributed by atoms with Crippen molar-refractivity contribution in [3.63, 3.8) is 0 Å². The molecule has 2 amide bonds. The second kappa shape index (κ2) is 8.08. The molecule has 1 aliphatic heterocycles. The van der Waals surface area contributed by atoms with E-state index >= 15 is 0 Å². The molecule has 3 rings (SSSR count). The number of aromatic nitrogens is 2. The van der Waals surface area contributed by atoms with Crippen molar-refractivity contribution in [2.24, 2.45) is 5.92 Å². The molecule has 6 nitrogen and oxygen atoms in total. The van der Waals surface area contributed by atoms with Gasteiger partial charge in [-0.05, 0) is 43.9 Å². The SMILES string of the molecule is CCC(CC)C(=O)N1CCC(NC(=O)c2n[nH]c3ccc(Cl)cc23)CC1. The lowest BCUT2D eigenvalue weighted by Crippen LogP contribution is -2.48. The molecule has 26 heavy (non-hydrogen) atoms. The number of likely N-dealkylation sites (tertiary alicyclic amines) is 1. The standard InChI is InChI=1S/C19H25ClN4O2/c1-3-12(4-2)19(26)24-9-7-14(8-10-24)21-18(25)17-15-11-13(20)5-6-16(15)22-23-17/h5-6,11-12,14H,3-4,7-10H2,1-2H3,(H,21,25)(H,22,23). The lowest BCUT2D eigenvalue weighted by atomic mass is 9.98. The number of amides is 2. The first-order valence-electron chi connectivity index (χ1n) is 9.26. The van der Waals surface area contributed by atoms with Gasteiger partial charge in [-0.3, -0.25) is 14.7 Å². The summed E-state index contributed by atoms with van der Waals surface area (Å²) >= 11 is 6.03. The molecule has 0 saturated carbocycles. The number of hydrogen-bond acceptors (Lipinski definition) is 3. The lowest BCUT2D eigenvalue weighted by Gasteiger charge is -2.34. The predicted octanol–water partition coefficient (Wildman–Crippen LogP) is 3.37. The molecule has 0 radical (unpaired) electrons. The van der Waals surface area contributed by atoms with Crippen LogP contribution in [0, 0.1) is 5.92 Å². The minimum Gasteiger partial charge on any atom is -0.348 e. The molecular formula is C19H25ClN4O2. The fourth-order valence-electron chi connectivity index (χ4n) is 3.55. The predicted molar refractivity (Wildman–Crippen MR) is 102 cm³/mol. The summed E-state index contributed by atoms with van der Waals surface area (Å²) in [6.07, 6.45) is 3.28. The Balaban J connectivity index is 1.60. The number of H-pyrrole nitrogens is 1. The van der Waals surface area contributed by atoms with Gasteiger partial charge in [-0.2, -0.15) is 5.10 Å². The summed E-state index contributed by atoms with van der Waals surface area (Å²) in [5.41, 5.74) is 1.14. The maximum atomic E-state index is 12.6. The average Bonchev–Trinajstić information content (AvgIpc) is 3.06. The molecule has 7 heteroatoms. The largest absolute Gasteiger partial charge is 0.348 e. The number of rotatable bonds is 5. The van der Waals surface area contributed by atoms with Crippen molar-refractivity contribution >= 4 is 34.3 Å². The summed E-state index contributed by atoms with van der Waals surface area (Å²) in [5.74, 6) is 0.150. The highest BCUT2D eigenvalue weighted by Gasteiger charge is 2.28. The molecule has 0 bridgehead atoms. The number of carbonyl (C=O) groups is 2. The average molecular weight is 377 g/mol. The van der Waals surface area contributed by atoms with Crippen LogP contribution in [0.25, 0.3) is 10.9 Å². The molecule has 0 unspecified atom stereocenters. The molecule has 1 saturated heterocycles. The Bertz CT molecular complexity index is 792. The summed E-state index contributed by atoms with van der Waals surface area (Å²) < 4.78 is 0. The molecule has 1 fully saturated rings. The topological polar surface area (TPSA) is 78.1 Å². The maximum Gasteiger partial charge on any atom is 0.272 e. The van der Waals surface area contributed by atoms with Crippen molar-refractivity contribution in [3.05, 3.63) is 28.9 Å². The highest BCUT2D eigenvalue weighted by Crippen LogP contribution is 2.22. The fourth-order valence-corrected chi connectivity index (χ4v) is 3.73. The van der Waals surface area contributed by atoms with Crippen LogP contribution in [-0.4, -0.2) is 46.0 Å². The zero-order valence-electron chi connectivity index (χ0n) is 15.2. The van der Waals surface area contributed by atoms with Crippen molar-refractivity contribution in [1.82, 2.24) is 20.4 Å². The van der Waals surface area contributed by atoms with E-state index in [0.717, 1.165) is 36.6 Å². The lowest BCUT2D eigenvalue weighted by molar-refractivity contribution is -0.136. The molecule has 0 atom stereocenters. The molecular weight excluding hydrogens is 352 g/mol. The van der Waals surface area contributed by atoms with Crippen LogP contribution in [0.15, 0.2) is 18.2 Å². The monoisotopic (exact) mass is 376 g/mol. The van der Waals surface area contributed by atoms with Gasteiger partial charge >= 0.3 is 0 Å². The second-order valence-corrected chi connectivity index (χ2v) is 7.28. The number of nitrogens with zero attached hydrogens (tertiary/aromatic N) is 2. The molecule has 2 aromatic rings. The van der Waals surface area contributed by atoms with E-state index in [1.807, 2.05) is 11.0 Å². The number of aromatic amines is 1. The van der Waals surface area contributed by atoms with Crippen LogP contribution in [0.2, 0.25) is 5.02 Å². The van der Waals surface area contributed by atoms with Gasteiger partial charge in [-0.1, -0.05) is 25.4 Å². The summed E-state index contributed by atoms with van der Waals surface area (Å²) in [6.45, 7) is 5.49. The van der Waals surface area contributed by atoms with E-state index in [1.165, 1.54) is 0 Å². The molecule has 1 aromatic heterocycles. The first-order chi connectivity index (χ1) is 12.5.